The van der Waals surface area contributed by atoms with Crippen molar-refractivity contribution in [1.29, 1.82) is 0 Å². The second-order valence-electron chi connectivity index (χ2n) is 4.50. The number of nitrogens with one attached hydrogen (secondary N) is 2. The Bertz CT molecular complexity index is 712. The predicted molar refractivity (Wildman–Crippen MR) is 82.5 cm³/mol. The highest BCUT2D eigenvalue weighted by Gasteiger charge is 2.35. The molecule has 1 heterocycles. The molecule has 0 saturated carbocycles. The molecule has 0 aliphatic heterocycles. The minimum atomic E-state index is -4.58. The zero-order valence-electron chi connectivity index (χ0n) is 12.4. The molecule has 2 rings (SSSR count). The third kappa shape index (κ3) is 4.38. The first-order valence-electron chi connectivity index (χ1n) is 6.78. The van der Waals surface area contributed by atoms with E-state index >= 15 is 0 Å². The third-order valence-electron chi connectivity index (χ3n) is 2.84. The normalized spacial score (nSPS) is 11.2. The number of benzene rings is 1. The van der Waals surface area contributed by atoms with Gasteiger partial charge >= 0.3 is 6.18 Å². The molecule has 0 unspecified atom stereocenters. The lowest BCUT2D eigenvalue weighted by Gasteiger charge is -2.14. The molecule has 2 aromatic rings. The fourth-order valence-corrected chi connectivity index (χ4v) is 1.99. The molecule has 0 radical (unpaired) electrons. The molecular formula is C14H13ClF4N4O. The van der Waals surface area contributed by atoms with E-state index in [4.69, 9.17) is 16.3 Å². The van der Waals surface area contributed by atoms with Crippen LogP contribution < -0.4 is 15.4 Å². The summed E-state index contributed by atoms with van der Waals surface area (Å²) in [5.74, 6) is -0.253. The lowest BCUT2D eigenvalue weighted by atomic mass is 10.3. The van der Waals surface area contributed by atoms with Crippen LogP contribution in [0.25, 0.3) is 0 Å². The molecule has 0 bridgehead atoms. The maximum atomic E-state index is 12.9. The fourth-order valence-electron chi connectivity index (χ4n) is 1.83. The van der Waals surface area contributed by atoms with E-state index in [0.717, 1.165) is 0 Å². The Morgan fingerprint density at radius 3 is 2.67 bits per heavy atom. The Hall–Kier alpha value is -2.29. The summed E-state index contributed by atoms with van der Waals surface area (Å²) < 4.78 is 55.7. The summed E-state index contributed by atoms with van der Waals surface area (Å²) in [5, 5.41) is 5.47. The summed E-state index contributed by atoms with van der Waals surface area (Å²) in [4.78, 5) is 7.46. The van der Waals surface area contributed by atoms with E-state index in [-0.39, 0.29) is 34.8 Å². The zero-order valence-corrected chi connectivity index (χ0v) is 13.2. The van der Waals surface area contributed by atoms with E-state index in [1.54, 1.807) is 6.92 Å². The molecule has 0 saturated heterocycles. The van der Waals surface area contributed by atoms with Crippen LogP contribution >= 0.6 is 11.6 Å². The molecule has 0 fully saturated rings. The smallest absolute Gasteiger partial charge is 0.421 e. The molecule has 2 N–H and O–H groups in total. The van der Waals surface area contributed by atoms with Gasteiger partial charge in [0, 0.05) is 18.8 Å². The number of hydrogen-bond acceptors (Lipinski definition) is 5. The number of hydrogen-bond donors (Lipinski definition) is 2. The molecule has 0 aliphatic carbocycles. The average Bonchev–Trinajstić information content (AvgIpc) is 2.50. The summed E-state index contributed by atoms with van der Waals surface area (Å²) in [6.45, 7) is 0.868. The minimum absolute atomic E-state index is 0.0988. The van der Waals surface area contributed by atoms with E-state index in [0.29, 0.717) is 6.20 Å². The number of alkyl halides is 4. The summed E-state index contributed by atoms with van der Waals surface area (Å²) in [6, 6.07) is 4.28. The second kappa shape index (κ2) is 7.52. The van der Waals surface area contributed by atoms with Crippen LogP contribution in [0.5, 0.6) is 5.75 Å². The van der Waals surface area contributed by atoms with E-state index in [1.165, 1.54) is 18.2 Å². The number of halogens is 5. The van der Waals surface area contributed by atoms with Crippen LogP contribution in [0.2, 0.25) is 5.02 Å². The molecule has 130 valence electrons. The number of nitrogens with zero attached hydrogens (tertiary/aromatic N) is 2. The zero-order chi connectivity index (χ0) is 17.7. The quantitative estimate of drug-likeness (QED) is 0.732. The fraction of sp³-hybridized carbons (Fsp3) is 0.286. The van der Waals surface area contributed by atoms with Crippen molar-refractivity contribution in [3.8, 4) is 5.75 Å². The van der Waals surface area contributed by atoms with Crippen molar-refractivity contribution in [2.75, 3.05) is 24.0 Å². The van der Waals surface area contributed by atoms with Crippen LogP contribution in [-0.2, 0) is 6.18 Å². The van der Waals surface area contributed by atoms with Gasteiger partial charge in [-0.05, 0) is 19.1 Å². The number of ether oxygens (including phenoxy) is 1. The number of rotatable bonds is 6. The first-order chi connectivity index (χ1) is 11.3. The van der Waals surface area contributed by atoms with E-state index in [2.05, 4.69) is 20.6 Å². The largest absolute Gasteiger partial charge is 0.463 e. The molecule has 24 heavy (non-hydrogen) atoms. The van der Waals surface area contributed by atoms with Gasteiger partial charge in [-0.15, -0.1) is 0 Å². The lowest BCUT2D eigenvalue weighted by Crippen LogP contribution is -2.14. The van der Waals surface area contributed by atoms with Crippen molar-refractivity contribution >= 4 is 29.1 Å². The monoisotopic (exact) mass is 364 g/mol. The molecule has 0 amide bonds. The Morgan fingerprint density at radius 2 is 2.04 bits per heavy atom. The van der Waals surface area contributed by atoms with Gasteiger partial charge in [-0.1, -0.05) is 11.6 Å². The van der Waals surface area contributed by atoms with Crippen molar-refractivity contribution in [3.63, 3.8) is 0 Å². The van der Waals surface area contributed by atoms with Gasteiger partial charge in [0.05, 0.1) is 10.7 Å². The summed E-state index contributed by atoms with van der Waals surface area (Å²) >= 11 is 5.99. The third-order valence-corrected chi connectivity index (χ3v) is 3.17. The summed E-state index contributed by atoms with van der Waals surface area (Å²) in [7, 11) is 0. The van der Waals surface area contributed by atoms with E-state index in [1.807, 2.05) is 0 Å². The van der Waals surface area contributed by atoms with E-state index in [9.17, 15) is 17.6 Å². The Labute approximate surface area is 140 Å². The van der Waals surface area contributed by atoms with Crippen molar-refractivity contribution in [3.05, 3.63) is 35.0 Å². The molecule has 1 aromatic heterocycles. The Morgan fingerprint density at radius 1 is 1.29 bits per heavy atom. The highest BCUT2D eigenvalue weighted by Crippen LogP contribution is 2.35. The van der Waals surface area contributed by atoms with Gasteiger partial charge < -0.3 is 15.4 Å². The van der Waals surface area contributed by atoms with Gasteiger partial charge in [0.15, 0.2) is 0 Å². The molecule has 0 aliphatic rings. The standard InChI is InChI=1S/C14H13ClF4N4O/c1-2-20-12-9(14(17,18)19)6-21-13(23-12)22-11-5-8(24-7-16)3-4-10(11)15/h3-6H,2,7H2,1H3,(H2,20,21,22,23). The van der Waals surface area contributed by atoms with Gasteiger partial charge in [-0.3, -0.25) is 0 Å². The molecule has 10 heteroatoms. The van der Waals surface area contributed by atoms with Gasteiger partial charge in [0.2, 0.25) is 12.8 Å². The van der Waals surface area contributed by atoms with E-state index < -0.39 is 18.6 Å². The van der Waals surface area contributed by atoms with Gasteiger partial charge in [0.25, 0.3) is 0 Å². The number of anilines is 3. The topological polar surface area (TPSA) is 59.1 Å². The lowest BCUT2D eigenvalue weighted by molar-refractivity contribution is -0.137. The van der Waals surface area contributed by atoms with Crippen LogP contribution in [0.3, 0.4) is 0 Å². The summed E-state index contributed by atoms with van der Waals surface area (Å²) in [5.41, 5.74) is -0.708. The van der Waals surface area contributed by atoms with Crippen LogP contribution in [0.4, 0.5) is 35.0 Å². The number of aromatic nitrogens is 2. The SMILES string of the molecule is CCNc1nc(Nc2cc(OCF)ccc2Cl)ncc1C(F)(F)F. The average molecular weight is 365 g/mol. The van der Waals surface area contributed by atoms with Crippen LogP contribution in [0.15, 0.2) is 24.4 Å². The van der Waals surface area contributed by atoms with Gasteiger partial charge in [-0.2, -0.15) is 18.2 Å². The molecule has 0 atom stereocenters. The minimum Gasteiger partial charge on any atom is -0.463 e. The van der Waals surface area contributed by atoms with Crippen molar-refractivity contribution in [1.82, 2.24) is 9.97 Å². The highest BCUT2D eigenvalue weighted by molar-refractivity contribution is 6.33. The molecule has 1 aromatic carbocycles. The predicted octanol–water partition coefficient (Wildman–Crippen LogP) is 4.63. The van der Waals surface area contributed by atoms with Crippen LogP contribution in [0, 0.1) is 0 Å². The Balaban J connectivity index is 2.33. The van der Waals surface area contributed by atoms with Crippen molar-refractivity contribution in [2.45, 2.75) is 13.1 Å². The molecule has 0 spiro atoms. The molecular weight excluding hydrogens is 352 g/mol. The van der Waals surface area contributed by atoms with Crippen molar-refractivity contribution < 1.29 is 22.3 Å². The Kier molecular flexibility index (Phi) is 5.66. The second-order valence-corrected chi connectivity index (χ2v) is 4.91. The first-order valence-corrected chi connectivity index (χ1v) is 7.16. The van der Waals surface area contributed by atoms with Crippen LogP contribution in [-0.4, -0.2) is 23.4 Å². The first kappa shape index (κ1) is 18.1. The molecule has 5 nitrogen and oxygen atoms in total. The maximum Gasteiger partial charge on any atom is 0.421 e. The highest BCUT2D eigenvalue weighted by atomic mass is 35.5. The van der Waals surface area contributed by atoms with Gasteiger partial charge in [0.1, 0.15) is 17.1 Å². The van der Waals surface area contributed by atoms with Gasteiger partial charge in [-0.25, -0.2) is 9.37 Å². The summed E-state index contributed by atoms with van der Waals surface area (Å²) in [6.07, 6.45) is -3.91. The van der Waals surface area contributed by atoms with Crippen LogP contribution in [0.1, 0.15) is 12.5 Å². The maximum absolute atomic E-state index is 12.9. The van der Waals surface area contributed by atoms with Crippen molar-refractivity contribution in [2.24, 2.45) is 0 Å².